The summed E-state index contributed by atoms with van der Waals surface area (Å²) in [6.45, 7) is 3.57. The maximum atomic E-state index is 11.5. The average molecular weight is 360 g/mol. The second-order valence-electron chi connectivity index (χ2n) is 6.01. The lowest BCUT2D eigenvalue weighted by Crippen LogP contribution is -2.45. The van der Waals surface area contributed by atoms with Crippen LogP contribution in [0.1, 0.15) is 22.3 Å². The normalized spacial score (nSPS) is 18.1. The molecule has 0 bridgehead atoms. The topological polar surface area (TPSA) is 66.5 Å². The van der Waals surface area contributed by atoms with Gasteiger partial charge < -0.3 is 15.4 Å². The van der Waals surface area contributed by atoms with Crippen LogP contribution >= 0.6 is 11.3 Å². The first-order valence-electron chi connectivity index (χ1n) is 8.42. The number of hydrogen-bond acceptors (Lipinski definition) is 6. The lowest BCUT2D eigenvalue weighted by molar-refractivity contribution is -0.119. The highest BCUT2D eigenvalue weighted by Crippen LogP contribution is 2.31. The highest BCUT2D eigenvalue weighted by Gasteiger charge is 2.26. The monoisotopic (exact) mass is 360 g/mol. The van der Waals surface area contributed by atoms with Crippen LogP contribution in [-0.4, -0.2) is 49.6 Å². The number of methoxy groups -OCH3 is 1. The first kappa shape index (κ1) is 17.8. The highest BCUT2D eigenvalue weighted by atomic mass is 32.1. The predicted octanol–water partition coefficient (Wildman–Crippen LogP) is 1.59. The zero-order valence-corrected chi connectivity index (χ0v) is 15.4. The summed E-state index contributed by atoms with van der Waals surface area (Å²) in [6, 6.07) is 8.42. The molecule has 1 saturated heterocycles. The Morgan fingerprint density at radius 3 is 3.12 bits per heavy atom. The maximum Gasteiger partial charge on any atom is 0.226 e. The number of ether oxygens (including phenoxy) is 1. The van der Waals surface area contributed by atoms with Crippen LogP contribution in [-0.2, 0) is 17.8 Å². The first-order chi connectivity index (χ1) is 12.2. The van der Waals surface area contributed by atoms with Crippen molar-refractivity contribution in [3.05, 3.63) is 45.9 Å². The fraction of sp³-hybridized carbons (Fsp3) is 0.444. The molecule has 2 heterocycles. The van der Waals surface area contributed by atoms with E-state index in [0.29, 0.717) is 6.42 Å². The number of carbonyl (C=O) groups is 1. The minimum absolute atomic E-state index is 0.00466. The van der Waals surface area contributed by atoms with Gasteiger partial charge in [-0.05, 0) is 6.07 Å². The second kappa shape index (κ2) is 8.42. The fourth-order valence-corrected chi connectivity index (χ4v) is 3.90. The van der Waals surface area contributed by atoms with Gasteiger partial charge in [-0.25, -0.2) is 4.98 Å². The van der Waals surface area contributed by atoms with Gasteiger partial charge in [0.05, 0.1) is 25.3 Å². The molecule has 1 amide bonds. The molecule has 6 nitrogen and oxygen atoms in total. The van der Waals surface area contributed by atoms with E-state index in [0.717, 1.165) is 42.6 Å². The van der Waals surface area contributed by atoms with Crippen LogP contribution in [0.25, 0.3) is 0 Å². The molecule has 0 aliphatic carbocycles. The lowest BCUT2D eigenvalue weighted by Gasteiger charge is -2.36. The fourth-order valence-electron chi connectivity index (χ4n) is 3.12. The number of carbonyl (C=O) groups excluding carboxylic acids is 1. The number of rotatable bonds is 6. The van der Waals surface area contributed by atoms with Crippen molar-refractivity contribution in [1.29, 1.82) is 0 Å². The summed E-state index contributed by atoms with van der Waals surface area (Å²) in [4.78, 5) is 18.6. The average Bonchev–Trinajstić information content (AvgIpc) is 3.09. The van der Waals surface area contributed by atoms with E-state index in [1.165, 1.54) is 5.56 Å². The third kappa shape index (κ3) is 4.36. The minimum atomic E-state index is -0.00466. The molecule has 0 spiro atoms. The number of nitrogens with zero attached hydrogens (tertiary/aromatic N) is 2. The molecule has 1 fully saturated rings. The van der Waals surface area contributed by atoms with E-state index in [1.807, 2.05) is 12.1 Å². The van der Waals surface area contributed by atoms with Crippen molar-refractivity contribution >= 4 is 17.2 Å². The Labute approximate surface area is 152 Å². The van der Waals surface area contributed by atoms with Crippen molar-refractivity contribution in [2.24, 2.45) is 0 Å². The smallest absolute Gasteiger partial charge is 0.226 e. The SMILES string of the molecule is CNC(=O)Cc1nc(CN2CCNCC2c2ccccc2OC)cs1. The van der Waals surface area contributed by atoms with Crippen LogP contribution < -0.4 is 15.4 Å². The van der Waals surface area contributed by atoms with Gasteiger partial charge in [0.25, 0.3) is 0 Å². The Kier molecular flexibility index (Phi) is 6.01. The number of nitrogens with one attached hydrogen (secondary N) is 2. The summed E-state index contributed by atoms with van der Waals surface area (Å²) < 4.78 is 5.54. The predicted molar refractivity (Wildman–Crippen MR) is 98.9 cm³/mol. The molecule has 1 aromatic heterocycles. The van der Waals surface area contributed by atoms with Crippen molar-refractivity contribution in [3.8, 4) is 5.75 Å². The molecular weight excluding hydrogens is 336 g/mol. The van der Waals surface area contributed by atoms with Gasteiger partial charge in [0.1, 0.15) is 10.8 Å². The van der Waals surface area contributed by atoms with E-state index < -0.39 is 0 Å². The summed E-state index contributed by atoms with van der Waals surface area (Å²) in [7, 11) is 3.36. The molecule has 1 aliphatic heterocycles. The molecular formula is C18H24N4O2S. The summed E-state index contributed by atoms with van der Waals surface area (Å²) >= 11 is 1.55. The quantitative estimate of drug-likeness (QED) is 0.819. The molecule has 0 saturated carbocycles. The van der Waals surface area contributed by atoms with E-state index in [-0.39, 0.29) is 11.9 Å². The van der Waals surface area contributed by atoms with Gasteiger partial charge in [0.2, 0.25) is 5.91 Å². The number of thiazole rings is 1. The van der Waals surface area contributed by atoms with Crippen molar-refractivity contribution in [2.45, 2.75) is 19.0 Å². The van der Waals surface area contributed by atoms with E-state index in [9.17, 15) is 4.79 Å². The van der Waals surface area contributed by atoms with Crippen LogP contribution in [0.5, 0.6) is 5.75 Å². The van der Waals surface area contributed by atoms with Gasteiger partial charge >= 0.3 is 0 Å². The third-order valence-corrected chi connectivity index (χ3v) is 5.30. The van der Waals surface area contributed by atoms with E-state index in [4.69, 9.17) is 4.74 Å². The zero-order chi connectivity index (χ0) is 17.6. The van der Waals surface area contributed by atoms with E-state index in [1.54, 1.807) is 25.5 Å². The lowest BCUT2D eigenvalue weighted by atomic mass is 10.0. The Morgan fingerprint density at radius 2 is 2.32 bits per heavy atom. The summed E-state index contributed by atoms with van der Waals surface area (Å²) in [5.74, 6) is 0.912. The van der Waals surface area contributed by atoms with Gasteiger partial charge in [-0.2, -0.15) is 0 Å². The van der Waals surface area contributed by atoms with Crippen LogP contribution in [0, 0.1) is 0 Å². The van der Waals surface area contributed by atoms with Crippen LogP contribution in [0.4, 0.5) is 0 Å². The van der Waals surface area contributed by atoms with Gasteiger partial charge in [-0.1, -0.05) is 18.2 Å². The molecule has 1 aliphatic rings. The van der Waals surface area contributed by atoms with Crippen LogP contribution in [0.2, 0.25) is 0 Å². The minimum Gasteiger partial charge on any atom is -0.496 e. The largest absolute Gasteiger partial charge is 0.496 e. The second-order valence-corrected chi connectivity index (χ2v) is 6.96. The summed E-state index contributed by atoms with van der Waals surface area (Å²) in [6.07, 6.45) is 0.346. The third-order valence-electron chi connectivity index (χ3n) is 4.41. The highest BCUT2D eigenvalue weighted by molar-refractivity contribution is 7.09. The molecule has 3 rings (SSSR count). The van der Waals surface area contributed by atoms with Gasteiger partial charge in [0, 0.05) is 44.2 Å². The number of amides is 1. The Bertz CT molecular complexity index is 719. The van der Waals surface area contributed by atoms with Crippen LogP contribution in [0.15, 0.2) is 29.6 Å². The molecule has 1 unspecified atom stereocenters. The molecule has 1 aromatic carbocycles. The molecule has 2 N–H and O–H groups in total. The number of para-hydroxylation sites is 1. The van der Waals surface area contributed by atoms with Crippen molar-refractivity contribution in [2.75, 3.05) is 33.8 Å². The zero-order valence-electron chi connectivity index (χ0n) is 14.6. The Morgan fingerprint density at radius 1 is 1.48 bits per heavy atom. The molecule has 25 heavy (non-hydrogen) atoms. The van der Waals surface area contributed by atoms with E-state index in [2.05, 4.69) is 38.0 Å². The van der Waals surface area contributed by atoms with Crippen molar-refractivity contribution in [3.63, 3.8) is 0 Å². The molecule has 134 valence electrons. The van der Waals surface area contributed by atoms with Crippen molar-refractivity contribution < 1.29 is 9.53 Å². The standard InChI is InChI=1S/C18H24N4O2S/c1-19-17(23)9-18-21-13(12-25-18)11-22-8-7-20-10-15(22)14-5-3-4-6-16(14)24-2/h3-6,12,15,20H,7-11H2,1-2H3,(H,19,23). The van der Waals surface area contributed by atoms with Crippen molar-refractivity contribution in [1.82, 2.24) is 20.5 Å². The number of aromatic nitrogens is 1. The molecule has 0 radical (unpaired) electrons. The number of hydrogen-bond donors (Lipinski definition) is 2. The van der Waals surface area contributed by atoms with Crippen LogP contribution in [0.3, 0.4) is 0 Å². The first-order valence-corrected chi connectivity index (χ1v) is 9.30. The van der Waals surface area contributed by atoms with Gasteiger partial charge in [-0.3, -0.25) is 9.69 Å². The molecule has 1 atom stereocenters. The summed E-state index contributed by atoms with van der Waals surface area (Å²) in [5.41, 5.74) is 2.21. The summed E-state index contributed by atoms with van der Waals surface area (Å²) in [5, 5.41) is 9.03. The number of benzene rings is 1. The maximum absolute atomic E-state index is 11.5. The van der Waals surface area contributed by atoms with Gasteiger partial charge in [-0.15, -0.1) is 11.3 Å². The molecule has 7 heteroatoms. The molecule has 2 aromatic rings. The Hall–Kier alpha value is -1.96. The van der Waals surface area contributed by atoms with E-state index >= 15 is 0 Å². The number of likely N-dealkylation sites (N-methyl/N-ethyl adjacent to an activating group) is 1. The Balaban J connectivity index is 1.74. The number of piperazine rings is 1. The van der Waals surface area contributed by atoms with Gasteiger partial charge in [0.15, 0.2) is 0 Å².